The zero-order chi connectivity index (χ0) is 21.0. The number of hydrogen-bond donors (Lipinski definition) is 0. The molecule has 1 fully saturated rings. The van der Waals surface area contributed by atoms with Gasteiger partial charge in [-0.25, -0.2) is 4.79 Å². The Labute approximate surface area is 172 Å². The van der Waals surface area contributed by atoms with Crippen molar-refractivity contribution in [3.8, 4) is 11.5 Å². The quantitative estimate of drug-likeness (QED) is 0.499. The average molecular weight is 419 g/mol. The molecule has 0 radical (unpaired) electrons. The lowest BCUT2D eigenvalue weighted by molar-refractivity contribution is -0.152. The predicted octanol–water partition coefficient (Wildman–Crippen LogP) is 2.69. The average Bonchev–Trinajstić information content (AvgIpc) is 3.40. The van der Waals surface area contributed by atoms with Crippen LogP contribution < -0.4 is 9.47 Å². The number of thioether (sulfide) groups is 1. The van der Waals surface area contributed by atoms with E-state index in [9.17, 15) is 14.4 Å². The molecule has 9 heteroatoms. The summed E-state index contributed by atoms with van der Waals surface area (Å²) in [5, 5.41) is -0.405. The second kappa shape index (κ2) is 9.04. The predicted molar refractivity (Wildman–Crippen MR) is 105 cm³/mol. The number of carbonyl (C=O) groups is 3. The summed E-state index contributed by atoms with van der Waals surface area (Å²) in [4.78, 5) is 38.7. The van der Waals surface area contributed by atoms with Gasteiger partial charge in [0.2, 0.25) is 11.7 Å². The highest BCUT2D eigenvalue weighted by Gasteiger charge is 2.43. The third-order valence-corrected chi connectivity index (χ3v) is 5.76. The van der Waals surface area contributed by atoms with Crippen LogP contribution in [0.25, 0.3) is 0 Å². The van der Waals surface area contributed by atoms with Crippen LogP contribution >= 0.6 is 11.8 Å². The number of esters is 1. The summed E-state index contributed by atoms with van der Waals surface area (Å²) in [7, 11) is 2.95. The summed E-state index contributed by atoms with van der Waals surface area (Å²) in [6.07, 6.45) is 1.51. The van der Waals surface area contributed by atoms with Crippen molar-refractivity contribution in [2.45, 2.75) is 18.3 Å². The topological polar surface area (TPSA) is 95.3 Å². The molecule has 0 unspecified atom stereocenters. The van der Waals surface area contributed by atoms with Crippen molar-refractivity contribution in [3.05, 3.63) is 47.9 Å². The summed E-state index contributed by atoms with van der Waals surface area (Å²) < 4.78 is 20.9. The maximum atomic E-state index is 12.6. The van der Waals surface area contributed by atoms with Gasteiger partial charge < -0.3 is 23.5 Å². The van der Waals surface area contributed by atoms with Crippen LogP contribution in [0.4, 0.5) is 0 Å². The second-order valence-corrected chi connectivity index (χ2v) is 7.35. The molecular weight excluding hydrogens is 398 g/mol. The van der Waals surface area contributed by atoms with Crippen molar-refractivity contribution >= 4 is 29.4 Å². The highest BCUT2D eigenvalue weighted by Crippen LogP contribution is 2.41. The Bertz CT molecular complexity index is 896. The highest BCUT2D eigenvalue weighted by molar-refractivity contribution is 7.99. The molecule has 1 aromatic carbocycles. The van der Waals surface area contributed by atoms with E-state index in [1.807, 2.05) is 0 Å². The molecule has 8 nitrogen and oxygen atoms in total. The number of rotatable bonds is 7. The van der Waals surface area contributed by atoms with Gasteiger partial charge in [-0.15, -0.1) is 11.8 Å². The number of methoxy groups -OCH3 is 2. The van der Waals surface area contributed by atoms with Crippen LogP contribution in [0.5, 0.6) is 11.5 Å². The smallest absolute Gasteiger partial charge is 0.330 e. The van der Waals surface area contributed by atoms with E-state index in [1.54, 1.807) is 30.3 Å². The number of ketones is 1. The Kier molecular flexibility index (Phi) is 6.48. The molecule has 1 amide bonds. The number of furan rings is 1. The molecule has 1 aliphatic rings. The minimum Gasteiger partial charge on any atom is -0.497 e. The van der Waals surface area contributed by atoms with E-state index in [0.29, 0.717) is 23.0 Å². The Morgan fingerprint density at radius 1 is 1.21 bits per heavy atom. The summed E-state index contributed by atoms with van der Waals surface area (Å²) in [6.45, 7) is 0.926. The Morgan fingerprint density at radius 3 is 2.62 bits per heavy atom. The lowest BCUT2D eigenvalue weighted by Gasteiger charge is -2.25. The van der Waals surface area contributed by atoms with Crippen LogP contribution in [0.15, 0.2) is 41.0 Å². The molecular formula is C20H21NO7S. The fourth-order valence-electron chi connectivity index (χ4n) is 3.06. The van der Waals surface area contributed by atoms with Gasteiger partial charge in [-0.3, -0.25) is 9.59 Å². The molecule has 2 atom stereocenters. The molecule has 0 saturated carbocycles. The van der Waals surface area contributed by atoms with Gasteiger partial charge in [-0.1, -0.05) is 0 Å². The zero-order valence-corrected chi connectivity index (χ0v) is 17.1. The molecule has 0 spiro atoms. The largest absolute Gasteiger partial charge is 0.497 e. The van der Waals surface area contributed by atoms with E-state index in [1.165, 1.54) is 44.1 Å². The second-order valence-electron chi connectivity index (χ2n) is 6.24. The third kappa shape index (κ3) is 4.40. The minimum atomic E-state index is -0.793. The van der Waals surface area contributed by atoms with Gasteiger partial charge in [0.1, 0.15) is 28.7 Å². The van der Waals surface area contributed by atoms with Crippen molar-refractivity contribution < 1.29 is 33.0 Å². The van der Waals surface area contributed by atoms with Gasteiger partial charge in [0.15, 0.2) is 6.61 Å². The van der Waals surface area contributed by atoms with Crippen molar-refractivity contribution in [1.29, 1.82) is 0 Å². The Hall–Kier alpha value is -2.94. The molecule has 0 N–H and O–H groups in total. The van der Waals surface area contributed by atoms with Crippen LogP contribution in [0, 0.1) is 0 Å². The van der Waals surface area contributed by atoms with Crippen LogP contribution in [0.1, 0.15) is 28.4 Å². The van der Waals surface area contributed by atoms with E-state index < -0.39 is 29.8 Å². The van der Waals surface area contributed by atoms with Gasteiger partial charge in [0.25, 0.3) is 0 Å². The first-order chi connectivity index (χ1) is 14.0. The van der Waals surface area contributed by atoms with Crippen molar-refractivity contribution in [2.75, 3.05) is 26.6 Å². The van der Waals surface area contributed by atoms with E-state index in [2.05, 4.69) is 0 Å². The molecule has 1 aliphatic heterocycles. The highest BCUT2D eigenvalue weighted by atomic mass is 32.2. The van der Waals surface area contributed by atoms with Gasteiger partial charge in [-0.2, -0.15) is 0 Å². The third-order valence-electron chi connectivity index (χ3n) is 4.48. The van der Waals surface area contributed by atoms with Gasteiger partial charge in [0, 0.05) is 18.7 Å². The first-order valence-corrected chi connectivity index (χ1v) is 9.87. The van der Waals surface area contributed by atoms with Crippen LogP contribution in [0.2, 0.25) is 0 Å². The molecule has 2 aromatic rings. The molecule has 0 aliphatic carbocycles. The lowest BCUT2D eigenvalue weighted by Crippen LogP contribution is -2.43. The van der Waals surface area contributed by atoms with Crippen molar-refractivity contribution in [3.63, 3.8) is 0 Å². The standard InChI is InChI=1S/C20H21NO7S/c1-12(22)21-15(11-29-19(21)17-5-4-8-27-17)20(24)28-10-16(23)14-7-6-13(25-2)9-18(14)26-3/h4-9,15,19H,10-11H2,1-3H3/t15-,19+/m1/s1. The normalized spacial score (nSPS) is 18.4. The summed E-state index contributed by atoms with van der Waals surface area (Å²) in [5.41, 5.74) is 0.277. The maximum Gasteiger partial charge on any atom is 0.330 e. The van der Waals surface area contributed by atoms with E-state index in [-0.39, 0.29) is 11.5 Å². The summed E-state index contributed by atoms with van der Waals surface area (Å²) >= 11 is 1.41. The first-order valence-electron chi connectivity index (χ1n) is 8.82. The minimum absolute atomic E-state index is 0.276. The molecule has 1 saturated heterocycles. The Balaban J connectivity index is 1.67. The van der Waals surface area contributed by atoms with E-state index in [0.717, 1.165) is 0 Å². The number of benzene rings is 1. The number of nitrogens with zero attached hydrogens (tertiary/aromatic N) is 1. The SMILES string of the molecule is COc1ccc(C(=O)COC(=O)[C@H]2CS[C@@H](c3ccco3)N2C(C)=O)c(OC)c1. The first kappa shape index (κ1) is 20.8. The lowest BCUT2D eigenvalue weighted by atomic mass is 10.1. The van der Waals surface area contributed by atoms with Crippen LogP contribution in [-0.4, -0.2) is 55.2 Å². The van der Waals surface area contributed by atoms with E-state index >= 15 is 0 Å². The number of amides is 1. The van der Waals surface area contributed by atoms with Crippen LogP contribution in [0.3, 0.4) is 0 Å². The molecule has 2 heterocycles. The number of ether oxygens (including phenoxy) is 3. The summed E-state index contributed by atoms with van der Waals surface area (Å²) in [5.74, 6) is 0.470. The van der Waals surface area contributed by atoms with Crippen molar-refractivity contribution in [1.82, 2.24) is 4.90 Å². The summed E-state index contributed by atoms with van der Waals surface area (Å²) in [6, 6.07) is 7.43. The molecule has 1 aromatic heterocycles. The number of Topliss-reactive ketones (excluding diaryl/α,β-unsaturated/α-hetero) is 1. The fourth-order valence-corrected chi connectivity index (χ4v) is 4.48. The van der Waals surface area contributed by atoms with Gasteiger partial charge in [0.05, 0.1) is 26.0 Å². The van der Waals surface area contributed by atoms with E-state index in [4.69, 9.17) is 18.6 Å². The molecule has 3 rings (SSSR count). The number of carbonyl (C=O) groups excluding carboxylic acids is 3. The van der Waals surface area contributed by atoms with Crippen molar-refractivity contribution in [2.24, 2.45) is 0 Å². The number of hydrogen-bond acceptors (Lipinski definition) is 8. The molecule has 29 heavy (non-hydrogen) atoms. The molecule has 154 valence electrons. The molecule has 0 bridgehead atoms. The monoisotopic (exact) mass is 419 g/mol. The Morgan fingerprint density at radius 2 is 2.00 bits per heavy atom. The maximum absolute atomic E-state index is 12.6. The van der Waals surface area contributed by atoms with Crippen LogP contribution in [-0.2, 0) is 14.3 Å². The van der Waals surface area contributed by atoms with Gasteiger partial charge >= 0.3 is 5.97 Å². The van der Waals surface area contributed by atoms with Gasteiger partial charge in [-0.05, 0) is 24.3 Å². The zero-order valence-electron chi connectivity index (χ0n) is 16.2. The fraction of sp³-hybridized carbons (Fsp3) is 0.350.